The van der Waals surface area contributed by atoms with Gasteiger partial charge in [-0.1, -0.05) is 32.9 Å². The highest BCUT2D eigenvalue weighted by molar-refractivity contribution is 5.79. The van der Waals surface area contributed by atoms with Crippen LogP contribution in [0, 0.1) is 21.4 Å². The lowest BCUT2D eigenvalue weighted by atomic mass is 9.78. The Morgan fingerprint density at radius 2 is 2.00 bits per heavy atom. The fraction of sp³-hybridized carbons (Fsp3) is 0.632. The third-order valence-corrected chi connectivity index (χ3v) is 4.66. The van der Waals surface area contributed by atoms with Gasteiger partial charge >= 0.3 is 0 Å². The van der Waals surface area contributed by atoms with Gasteiger partial charge in [-0.2, -0.15) is 0 Å². The number of nitrogens with one attached hydrogen (secondary N) is 2. The molecule has 1 aliphatic heterocycles. The summed E-state index contributed by atoms with van der Waals surface area (Å²) in [5.74, 6) is 1.17. The summed E-state index contributed by atoms with van der Waals surface area (Å²) < 4.78 is 6.03. The van der Waals surface area contributed by atoms with Gasteiger partial charge in [0.15, 0.2) is 5.96 Å². The maximum absolute atomic E-state index is 10.7. The molecule has 0 aromatic heterocycles. The minimum atomic E-state index is -0.393. The summed E-state index contributed by atoms with van der Waals surface area (Å²) in [4.78, 5) is 14.6. The molecule has 1 fully saturated rings. The predicted octanol–water partition coefficient (Wildman–Crippen LogP) is 3.10. The Labute approximate surface area is 155 Å². The summed E-state index contributed by atoms with van der Waals surface area (Å²) in [6.07, 6.45) is 2.47. The number of hydrogen-bond donors (Lipinski definition) is 2. The lowest BCUT2D eigenvalue weighted by Crippen LogP contribution is -2.47. The Morgan fingerprint density at radius 1 is 1.31 bits per heavy atom. The predicted molar refractivity (Wildman–Crippen MR) is 103 cm³/mol. The van der Waals surface area contributed by atoms with Crippen LogP contribution in [0.15, 0.2) is 29.3 Å². The largest absolute Gasteiger partial charge is 0.377 e. The first kappa shape index (κ1) is 20.2. The number of non-ortho nitro benzene ring substituents is 1. The Bertz CT molecular complexity index is 623. The number of nitro benzene ring substituents is 1. The average Bonchev–Trinajstić information content (AvgIpc) is 2.61. The van der Waals surface area contributed by atoms with Crippen LogP contribution in [-0.4, -0.2) is 37.2 Å². The van der Waals surface area contributed by atoms with Crippen LogP contribution in [0.1, 0.15) is 39.2 Å². The molecule has 144 valence electrons. The van der Waals surface area contributed by atoms with Gasteiger partial charge in [-0.25, -0.2) is 0 Å². The maximum Gasteiger partial charge on any atom is 0.269 e. The van der Waals surface area contributed by atoms with Gasteiger partial charge in [-0.05, 0) is 23.8 Å². The summed E-state index contributed by atoms with van der Waals surface area (Å²) in [5, 5.41) is 17.4. The van der Waals surface area contributed by atoms with Gasteiger partial charge < -0.3 is 15.4 Å². The first-order chi connectivity index (χ1) is 12.3. The van der Waals surface area contributed by atoms with E-state index in [4.69, 9.17) is 4.74 Å². The van der Waals surface area contributed by atoms with Gasteiger partial charge in [0, 0.05) is 44.8 Å². The molecule has 0 saturated carbocycles. The topological polar surface area (TPSA) is 88.8 Å². The van der Waals surface area contributed by atoms with E-state index in [-0.39, 0.29) is 17.2 Å². The molecule has 2 atom stereocenters. The number of aliphatic imine (C=N–C) groups is 1. The van der Waals surface area contributed by atoms with Gasteiger partial charge in [0.05, 0.1) is 11.0 Å². The summed E-state index contributed by atoms with van der Waals surface area (Å²) in [5.41, 5.74) is 1.18. The molecule has 2 N–H and O–H groups in total. The highest BCUT2D eigenvalue weighted by atomic mass is 16.6. The molecule has 0 radical (unpaired) electrons. The van der Waals surface area contributed by atoms with Crippen molar-refractivity contribution >= 4 is 11.6 Å². The van der Waals surface area contributed by atoms with Gasteiger partial charge in [0.25, 0.3) is 5.69 Å². The van der Waals surface area contributed by atoms with Crippen molar-refractivity contribution < 1.29 is 9.66 Å². The summed E-state index contributed by atoms with van der Waals surface area (Å²) in [6.45, 7) is 8.86. The minimum Gasteiger partial charge on any atom is -0.377 e. The van der Waals surface area contributed by atoms with Crippen molar-refractivity contribution in [1.29, 1.82) is 0 Å². The van der Waals surface area contributed by atoms with E-state index in [1.807, 2.05) is 0 Å². The van der Waals surface area contributed by atoms with E-state index in [1.54, 1.807) is 19.2 Å². The lowest BCUT2D eigenvalue weighted by molar-refractivity contribution is -0.384. The van der Waals surface area contributed by atoms with Crippen molar-refractivity contribution in [3.8, 4) is 0 Å². The molecular formula is C19H30N4O3. The van der Waals surface area contributed by atoms with Crippen molar-refractivity contribution in [2.75, 3.05) is 20.2 Å². The zero-order chi connectivity index (χ0) is 19.2. The number of hydrogen-bond acceptors (Lipinski definition) is 4. The SMILES string of the molecule is CN=C(NCc1ccc([N+](=O)[O-])cc1)NCC1CCCOC1C(C)(C)C. The van der Waals surface area contributed by atoms with Crippen LogP contribution in [0.3, 0.4) is 0 Å². The van der Waals surface area contributed by atoms with E-state index in [0.717, 1.165) is 37.5 Å². The molecule has 0 spiro atoms. The van der Waals surface area contributed by atoms with Crippen molar-refractivity contribution in [1.82, 2.24) is 10.6 Å². The van der Waals surface area contributed by atoms with E-state index in [1.165, 1.54) is 12.1 Å². The molecule has 2 unspecified atom stereocenters. The highest BCUT2D eigenvalue weighted by Gasteiger charge is 2.35. The number of benzene rings is 1. The van der Waals surface area contributed by atoms with Crippen LogP contribution >= 0.6 is 0 Å². The van der Waals surface area contributed by atoms with E-state index in [9.17, 15) is 10.1 Å². The standard InChI is InChI=1S/C19H30N4O3/c1-19(2,3)17-15(6-5-11-26-17)13-22-18(20-4)21-12-14-7-9-16(10-8-14)23(24)25/h7-10,15,17H,5-6,11-13H2,1-4H3,(H2,20,21,22). The first-order valence-electron chi connectivity index (χ1n) is 9.10. The van der Waals surface area contributed by atoms with Crippen molar-refractivity contribution in [2.45, 2.75) is 46.3 Å². The summed E-state index contributed by atoms with van der Waals surface area (Å²) in [7, 11) is 1.74. The number of nitro groups is 1. The molecule has 1 aromatic carbocycles. The molecule has 1 heterocycles. The van der Waals surface area contributed by atoms with E-state index >= 15 is 0 Å². The average molecular weight is 362 g/mol. The zero-order valence-electron chi connectivity index (χ0n) is 16.1. The van der Waals surface area contributed by atoms with Gasteiger partial charge in [0.2, 0.25) is 0 Å². The first-order valence-corrected chi connectivity index (χ1v) is 9.10. The van der Waals surface area contributed by atoms with Crippen LogP contribution in [0.4, 0.5) is 5.69 Å². The van der Waals surface area contributed by atoms with Crippen molar-refractivity contribution in [2.24, 2.45) is 16.3 Å². The molecule has 26 heavy (non-hydrogen) atoms. The molecule has 0 aliphatic carbocycles. The van der Waals surface area contributed by atoms with Crippen molar-refractivity contribution in [3.05, 3.63) is 39.9 Å². The van der Waals surface area contributed by atoms with Gasteiger partial charge in [-0.15, -0.1) is 0 Å². The third kappa shape index (κ3) is 5.69. The molecule has 0 amide bonds. The Balaban J connectivity index is 1.86. The molecule has 1 aromatic rings. The highest BCUT2D eigenvalue weighted by Crippen LogP contribution is 2.33. The Hall–Kier alpha value is -2.15. The molecule has 2 rings (SSSR count). The monoisotopic (exact) mass is 362 g/mol. The lowest BCUT2D eigenvalue weighted by Gasteiger charge is -2.40. The second-order valence-electron chi connectivity index (χ2n) is 7.79. The van der Waals surface area contributed by atoms with E-state index < -0.39 is 4.92 Å². The maximum atomic E-state index is 10.7. The molecule has 7 nitrogen and oxygen atoms in total. The third-order valence-electron chi connectivity index (χ3n) is 4.66. The number of nitrogens with zero attached hydrogens (tertiary/aromatic N) is 2. The van der Waals surface area contributed by atoms with Crippen LogP contribution in [-0.2, 0) is 11.3 Å². The Morgan fingerprint density at radius 3 is 2.58 bits per heavy atom. The van der Waals surface area contributed by atoms with Crippen molar-refractivity contribution in [3.63, 3.8) is 0 Å². The Kier molecular flexibility index (Phi) is 6.97. The summed E-state index contributed by atoms with van der Waals surface area (Å²) in [6, 6.07) is 6.53. The second-order valence-corrected chi connectivity index (χ2v) is 7.79. The smallest absolute Gasteiger partial charge is 0.269 e. The quantitative estimate of drug-likeness (QED) is 0.364. The molecule has 0 bridgehead atoms. The molecule has 1 saturated heterocycles. The fourth-order valence-electron chi connectivity index (χ4n) is 3.38. The van der Waals surface area contributed by atoms with Crippen LogP contribution in [0.5, 0.6) is 0 Å². The zero-order valence-corrected chi connectivity index (χ0v) is 16.1. The van der Waals surface area contributed by atoms with Gasteiger partial charge in [0.1, 0.15) is 0 Å². The fourth-order valence-corrected chi connectivity index (χ4v) is 3.38. The van der Waals surface area contributed by atoms with Crippen LogP contribution in [0.2, 0.25) is 0 Å². The van der Waals surface area contributed by atoms with Gasteiger partial charge in [-0.3, -0.25) is 15.1 Å². The number of guanidine groups is 1. The second kappa shape index (κ2) is 8.98. The summed E-state index contributed by atoms with van der Waals surface area (Å²) >= 11 is 0. The number of ether oxygens (including phenoxy) is 1. The minimum absolute atomic E-state index is 0.0989. The normalized spacial score (nSPS) is 21.3. The van der Waals surface area contributed by atoms with E-state index in [0.29, 0.717) is 12.5 Å². The molecular weight excluding hydrogens is 332 g/mol. The number of rotatable bonds is 5. The van der Waals surface area contributed by atoms with E-state index in [2.05, 4.69) is 36.4 Å². The molecule has 1 aliphatic rings. The molecule has 7 heteroatoms. The van der Waals surface area contributed by atoms with Crippen LogP contribution in [0.25, 0.3) is 0 Å². The van der Waals surface area contributed by atoms with Crippen LogP contribution < -0.4 is 10.6 Å².